The number of hydrogen-bond acceptors (Lipinski definition) is 3. The summed E-state index contributed by atoms with van der Waals surface area (Å²) in [6.45, 7) is 0. The van der Waals surface area contributed by atoms with Gasteiger partial charge in [0.25, 0.3) is 0 Å². The highest BCUT2D eigenvalue weighted by Crippen LogP contribution is 2.24. The highest BCUT2D eigenvalue weighted by molar-refractivity contribution is 6.30. The second kappa shape index (κ2) is 5.69. The third kappa shape index (κ3) is 3.22. The first-order chi connectivity index (χ1) is 7.75. The molecule has 1 N–H and O–H groups in total. The molecular formula is C11H15Cl2N3. The molecular weight excluding hydrogens is 245 g/mol. The normalized spacial score (nSPS) is 26.1. The average Bonchev–Trinajstić information content (AvgIpc) is 2.48. The van der Waals surface area contributed by atoms with Crippen LogP contribution in [0.2, 0.25) is 5.02 Å². The van der Waals surface area contributed by atoms with E-state index in [-0.39, 0.29) is 11.4 Å². The molecule has 88 valence electrons. The van der Waals surface area contributed by atoms with Crippen molar-refractivity contribution in [3.05, 3.63) is 17.4 Å². The molecule has 1 saturated carbocycles. The van der Waals surface area contributed by atoms with Crippen molar-refractivity contribution in [2.75, 3.05) is 5.32 Å². The number of rotatable bonds is 2. The molecule has 2 rings (SSSR count). The Kier molecular flexibility index (Phi) is 4.24. The minimum Gasteiger partial charge on any atom is -0.350 e. The number of hydrogen-bond donors (Lipinski definition) is 1. The molecule has 1 aliphatic carbocycles. The molecule has 0 aliphatic heterocycles. The number of anilines is 1. The third-order valence-corrected chi connectivity index (χ3v) is 3.58. The van der Waals surface area contributed by atoms with Gasteiger partial charge in [0.15, 0.2) is 0 Å². The zero-order chi connectivity index (χ0) is 11.4. The molecule has 1 aromatic heterocycles. The molecule has 0 bridgehead atoms. The number of aromatic nitrogens is 2. The summed E-state index contributed by atoms with van der Waals surface area (Å²) in [6, 6.07) is 0.269. The van der Waals surface area contributed by atoms with Gasteiger partial charge >= 0.3 is 0 Å². The van der Waals surface area contributed by atoms with Crippen LogP contribution in [0.25, 0.3) is 0 Å². The van der Waals surface area contributed by atoms with Crippen molar-refractivity contribution >= 4 is 29.2 Å². The summed E-state index contributed by atoms with van der Waals surface area (Å²) < 4.78 is 0. The lowest BCUT2D eigenvalue weighted by molar-refractivity contribution is 0.622. The summed E-state index contributed by atoms with van der Waals surface area (Å²) in [5.74, 6) is 0.613. The molecule has 1 aliphatic rings. The maximum atomic E-state index is 6.32. The maximum Gasteiger partial charge on any atom is 0.222 e. The first-order valence-corrected chi connectivity index (χ1v) is 6.45. The van der Waals surface area contributed by atoms with E-state index < -0.39 is 0 Å². The molecule has 1 aromatic rings. The van der Waals surface area contributed by atoms with E-state index in [0.717, 1.165) is 12.8 Å². The molecule has 0 spiro atoms. The van der Waals surface area contributed by atoms with E-state index in [9.17, 15) is 0 Å². The molecule has 2 unspecified atom stereocenters. The topological polar surface area (TPSA) is 37.8 Å². The minimum absolute atomic E-state index is 0.168. The van der Waals surface area contributed by atoms with Gasteiger partial charge in [0, 0.05) is 6.04 Å². The zero-order valence-corrected chi connectivity index (χ0v) is 10.5. The molecule has 16 heavy (non-hydrogen) atoms. The van der Waals surface area contributed by atoms with Crippen molar-refractivity contribution in [1.29, 1.82) is 0 Å². The molecule has 3 nitrogen and oxygen atoms in total. The summed E-state index contributed by atoms with van der Waals surface area (Å²) in [4.78, 5) is 8.25. The molecule has 1 heterocycles. The Morgan fingerprint density at radius 2 is 1.81 bits per heavy atom. The van der Waals surface area contributed by atoms with Gasteiger partial charge in [-0.3, -0.25) is 0 Å². The maximum absolute atomic E-state index is 6.32. The van der Waals surface area contributed by atoms with Crippen molar-refractivity contribution in [2.45, 2.75) is 43.5 Å². The fourth-order valence-electron chi connectivity index (χ4n) is 1.98. The van der Waals surface area contributed by atoms with Gasteiger partial charge in [-0.15, -0.1) is 11.6 Å². The van der Waals surface area contributed by atoms with Crippen molar-refractivity contribution in [1.82, 2.24) is 9.97 Å². The second-order valence-electron chi connectivity index (χ2n) is 4.13. The van der Waals surface area contributed by atoms with Gasteiger partial charge in [-0.1, -0.05) is 30.9 Å². The van der Waals surface area contributed by atoms with Crippen molar-refractivity contribution in [3.8, 4) is 0 Å². The van der Waals surface area contributed by atoms with Crippen LogP contribution in [0.5, 0.6) is 0 Å². The predicted molar refractivity (Wildman–Crippen MR) is 67.2 cm³/mol. The minimum atomic E-state index is 0.168. The van der Waals surface area contributed by atoms with Crippen LogP contribution in [0.4, 0.5) is 5.95 Å². The highest BCUT2D eigenvalue weighted by atomic mass is 35.5. The molecule has 0 saturated heterocycles. The van der Waals surface area contributed by atoms with Gasteiger partial charge in [0.2, 0.25) is 5.95 Å². The molecule has 2 atom stereocenters. The Balaban J connectivity index is 1.99. The van der Waals surface area contributed by atoms with E-state index >= 15 is 0 Å². The van der Waals surface area contributed by atoms with Gasteiger partial charge < -0.3 is 5.32 Å². The van der Waals surface area contributed by atoms with Gasteiger partial charge in [0.1, 0.15) is 0 Å². The van der Waals surface area contributed by atoms with Gasteiger partial charge in [-0.25, -0.2) is 9.97 Å². The lowest BCUT2D eigenvalue weighted by Gasteiger charge is -2.20. The van der Waals surface area contributed by atoms with E-state index in [1.165, 1.54) is 19.3 Å². The van der Waals surface area contributed by atoms with Gasteiger partial charge in [-0.05, 0) is 12.8 Å². The van der Waals surface area contributed by atoms with E-state index in [1.54, 1.807) is 12.4 Å². The lowest BCUT2D eigenvalue weighted by Crippen LogP contribution is -2.29. The van der Waals surface area contributed by atoms with Crippen molar-refractivity contribution < 1.29 is 0 Å². The molecule has 1 fully saturated rings. The fourth-order valence-corrected chi connectivity index (χ4v) is 2.42. The van der Waals surface area contributed by atoms with E-state index in [2.05, 4.69) is 15.3 Å². The van der Waals surface area contributed by atoms with Crippen LogP contribution in [0.3, 0.4) is 0 Å². The summed E-state index contributed by atoms with van der Waals surface area (Å²) in [5.41, 5.74) is 0. The third-order valence-electron chi connectivity index (χ3n) is 2.87. The number of halogens is 2. The van der Waals surface area contributed by atoms with E-state index in [4.69, 9.17) is 23.2 Å². The van der Waals surface area contributed by atoms with Crippen LogP contribution in [-0.2, 0) is 0 Å². The Morgan fingerprint density at radius 1 is 1.12 bits per heavy atom. The van der Waals surface area contributed by atoms with E-state index in [0.29, 0.717) is 11.0 Å². The highest BCUT2D eigenvalue weighted by Gasteiger charge is 2.22. The summed E-state index contributed by atoms with van der Waals surface area (Å²) >= 11 is 12.1. The molecule has 0 aromatic carbocycles. The second-order valence-corrected chi connectivity index (χ2v) is 5.13. The lowest BCUT2D eigenvalue weighted by atomic mass is 10.1. The molecule has 0 amide bonds. The summed E-state index contributed by atoms with van der Waals surface area (Å²) in [5, 5.41) is 4.00. The Morgan fingerprint density at radius 3 is 2.56 bits per heavy atom. The first kappa shape index (κ1) is 11.9. The summed E-state index contributed by atoms with van der Waals surface area (Å²) in [6.07, 6.45) is 9.03. The smallest absolute Gasteiger partial charge is 0.222 e. The largest absolute Gasteiger partial charge is 0.350 e. The monoisotopic (exact) mass is 259 g/mol. The average molecular weight is 260 g/mol. The SMILES string of the molecule is Clc1cnc(NC2CCCCCC2Cl)nc1. The number of alkyl halides is 1. The van der Waals surface area contributed by atoms with Gasteiger partial charge in [-0.2, -0.15) is 0 Å². The van der Waals surface area contributed by atoms with Crippen LogP contribution >= 0.6 is 23.2 Å². The van der Waals surface area contributed by atoms with Crippen LogP contribution < -0.4 is 5.32 Å². The Labute approximate surface area is 106 Å². The predicted octanol–water partition coefficient (Wildman–Crippen LogP) is 3.48. The van der Waals surface area contributed by atoms with E-state index in [1.807, 2.05) is 0 Å². The number of nitrogens with one attached hydrogen (secondary N) is 1. The first-order valence-electron chi connectivity index (χ1n) is 5.64. The van der Waals surface area contributed by atoms with Crippen molar-refractivity contribution in [2.24, 2.45) is 0 Å². The summed E-state index contributed by atoms with van der Waals surface area (Å²) in [7, 11) is 0. The number of nitrogens with zero attached hydrogens (tertiary/aromatic N) is 2. The fraction of sp³-hybridized carbons (Fsp3) is 0.636. The van der Waals surface area contributed by atoms with Crippen molar-refractivity contribution in [3.63, 3.8) is 0 Å². The van der Waals surface area contributed by atoms with Crippen LogP contribution in [0.15, 0.2) is 12.4 Å². The van der Waals surface area contributed by atoms with Gasteiger partial charge in [0.05, 0.1) is 22.8 Å². The zero-order valence-electron chi connectivity index (χ0n) is 9.00. The van der Waals surface area contributed by atoms with Crippen LogP contribution in [-0.4, -0.2) is 21.4 Å². The Bertz CT molecular complexity index is 329. The Hall–Kier alpha value is -0.540. The van der Waals surface area contributed by atoms with Crippen LogP contribution in [0, 0.1) is 0 Å². The molecule has 0 radical (unpaired) electrons. The quantitative estimate of drug-likeness (QED) is 0.653. The molecule has 5 heteroatoms. The van der Waals surface area contributed by atoms with Crippen LogP contribution in [0.1, 0.15) is 32.1 Å². The standard InChI is InChI=1S/C11H15Cl2N3/c12-8-6-14-11(15-7-8)16-10-5-3-1-2-4-9(10)13/h6-7,9-10H,1-5H2,(H,14,15,16).